The molecule has 1 aromatic carbocycles. The molecule has 0 aromatic heterocycles. The summed E-state index contributed by atoms with van der Waals surface area (Å²) >= 11 is 5.01. The molecule has 1 aromatic rings. The summed E-state index contributed by atoms with van der Waals surface area (Å²) in [6, 6.07) is 5.00. The van der Waals surface area contributed by atoms with Crippen LogP contribution in [0.25, 0.3) is 0 Å². The van der Waals surface area contributed by atoms with Crippen molar-refractivity contribution in [1.82, 2.24) is 4.90 Å². The third-order valence-electron chi connectivity index (χ3n) is 2.95. The highest BCUT2D eigenvalue weighted by atomic mass is 32.1. The zero-order chi connectivity index (χ0) is 13.7. The topological polar surface area (TPSA) is 29.3 Å². The Bertz CT molecular complexity index is 418. The van der Waals surface area contributed by atoms with Crippen molar-refractivity contribution in [3.05, 3.63) is 35.1 Å². The van der Waals surface area contributed by atoms with Crippen molar-refractivity contribution >= 4 is 17.2 Å². The highest BCUT2D eigenvalue weighted by molar-refractivity contribution is 7.80. The molecule has 0 atom stereocenters. The van der Waals surface area contributed by atoms with Crippen LogP contribution >= 0.6 is 12.2 Å². The molecule has 0 saturated heterocycles. The molecule has 0 radical (unpaired) electrons. The van der Waals surface area contributed by atoms with Crippen molar-refractivity contribution in [1.29, 1.82) is 0 Å². The molecule has 2 nitrogen and oxygen atoms in total. The summed E-state index contributed by atoms with van der Waals surface area (Å²) < 4.78 is 13.3. The first-order valence-electron chi connectivity index (χ1n) is 6.28. The molecular weight excluding hydrogens is 247 g/mol. The van der Waals surface area contributed by atoms with Gasteiger partial charge in [0.05, 0.1) is 0 Å². The first-order chi connectivity index (χ1) is 8.45. The molecule has 4 heteroatoms. The van der Waals surface area contributed by atoms with E-state index >= 15 is 0 Å². The van der Waals surface area contributed by atoms with Gasteiger partial charge in [0.1, 0.15) is 10.8 Å². The molecule has 0 aliphatic rings. The fraction of sp³-hybridized carbons (Fsp3) is 0.500. The van der Waals surface area contributed by atoms with Gasteiger partial charge in [-0.1, -0.05) is 19.1 Å². The Labute approximate surface area is 114 Å². The van der Waals surface area contributed by atoms with Crippen LogP contribution in [0.15, 0.2) is 18.2 Å². The predicted octanol–water partition coefficient (Wildman–Crippen LogP) is 3.08. The molecule has 0 fully saturated rings. The minimum atomic E-state index is -0.245. The van der Waals surface area contributed by atoms with Crippen LogP contribution in [0.2, 0.25) is 0 Å². The Hall–Kier alpha value is -1.00. The van der Waals surface area contributed by atoms with Gasteiger partial charge in [0, 0.05) is 18.2 Å². The van der Waals surface area contributed by atoms with Crippen molar-refractivity contribution < 1.29 is 4.39 Å². The average Bonchev–Trinajstić information content (AvgIpc) is 2.28. The van der Waals surface area contributed by atoms with Gasteiger partial charge in [0.2, 0.25) is 0 Å². The summed E-state index contributed by atoms with van der Waals surface area (Å²) in [7, 11) is 0. The van der Waals surface area contributed by atoms with Crippen LogP contribution in [0, 0.1) is 5.82 Å². The second kappa shape index (κ2) is 6.81. The Balaban J connectivity index is 3.00. The van der Waals surface area contributed by atoms with Gasteiger partial charge < -0.3 is 5.73 Å². The molecule has 100 valence electrons. The standard InChI is InChI=1S/C14H21FN2S/c1-4-7-17(10(2)3)9-11-8-12(15)5-6-13(11)14(16)18/h5-6,8,10H,4,7,9H2,1-3H3,(H2,16,18). The van der Waals surface area contributed by atoms with E-state index in [1.54, 1.807) is 6.07 Å². The van der Waals surface area contributed by atoms with E-state index in [-0.39, 0.29) is 5.82 Å². The van der Waals surface area contributed by atoms with Crippen LogP contribution in [0.5, 0.6) is 0 Å². The van der Waals surface area contributed by atoms with Gasteiger partial charge in [0.15, 0.2) is 0 Å². The molecule has 2 N–H and O–H groups in total. The van der Waals surface area contributed by atoms with Crippen molar-refractivity contribution in [3.63, 3.8) is 0 Å². The number of benzene rings is 1. The second-order valence-electron chi connectivity index (χ2n) is 4.73. The van der Waals surface area contributed by atoms with Gasteiger partial charge >= 0.3 is 0 Å². The van der Waals surface area contributed by atoms with Crippen LogP contribution in [-0.2, 0) is 6.54 Å². The molecule has 0 unspecified atom stereocenters. The van der Waals surface area contributed by atoms with Crippen molar-refractivity contribution in [2.75, 3.05) is 6.54 Å². The number of thiocarbonyl (C=S) groups is 1. The van der Waals surface area contributed by atoms with E-state index in [1.807, 2.05) is 0 Å². The minimum Gasteiger partial charge on any atom is -0.389 e. The summed E-state index contributed by atoms with van der Waals surface area (Å²) in [4.78, 5) is 2.61. The normalized spacial score (nSPS) is 11.2. The number of nitrogens with two attached hydrogens (primary N) is 1. The maximum Gasteiger partial charge on any atom is 0.123 e. The summed E-state index contributed by atoms with van der Waals surface area (Å²) in [5, 5.41) is 0. The van der Waals surface area contributed by atoms with Crippen LogP contribution in [0.3, 0.4) is 0 Å². The van der Waals surface area contributed by atoms with E-state index in [4.69, 9.17) is 18.0 Å². The Morgan fingerprint density at radius 1 is 1.44 bits per heavy atom. The lowest BCUT2D eigenvalue weighted by molar-refractivity contribution is 0.213. The number of halogens is 1. The summed E-state index contributed by atoms with van der Waals surface area (Å²) in [5.41, 5.74) is 7.32. The monoisotopic (exact) mass is 268 g/mol. The van der Waals surface area contributed by atoms with Gasteiger partial charge in [-0.3, -0.25) is 4.90 Å². The van der Waals surface area contributed by atoms with Crippen LogP contribution < -0.4 is 5.73 Å². The summed E-state index contributed by atoms with van der Waals surface area (Å²) in [6.45, 7) is 8.06. The number of rotatable bonds is 6. The molecular formula is C14H21FN2S. The van der Waals surface area contributed by atoms with E-state index in [1.165, 1.54) is 12.1 Å². The largest absolute Gasteiger partial charge is 0.389 e. The van der Waals surface area contributed by atoms with E-state index in [0.717, 1.165) is 24.1 Å². The highest BCUT2D eigenvalue weighted by Crippen LogP contribution is 2.16. The summed E-state index contributed by atoms with van der Waals surface area (Å²) in [5.74, 6) is -0.245. The summed E-state index contributed by atoms with van der Waals surface area (Å²) in [6.07, 6.45) is 1.07. The van der Waals surface area contributed by atoms with E-state index < -0.39 is 0 Å². The third-order valence-corrected chi connectivity index (χ3v) is 3.17. The predicted molar refractivity (Wildman–Crippen MR) is 78.1 cm³/mol. The number of nitrogens with zero attached hydrogens (tertiary/aromatic N) is 1. The van der Waals surface area contributed by atoms with Crippen molar-refractivity contribution in [2.45, 2.75) is 39.8 Å². The molecule has 0 heterocycles. The van der Waals surface area contributed by atoms with Gasteiger partial charge in [-0.2, -0.15) is 0 Å². The number of hydrogen-bond acceptors (Lipinski definition) is 2. The highest BCUT2D eigenvalue weighted by Gasteiger charge is 2.13. The maximum absolute atomic E-state index is 13.3. The van der Waals surface area contributed by atoms with Crippen LogP contribution in [0.1, 0.15) is 38.3 Å². The van der Waals surface area contributed by atoms with Crippen LogP contribution in [0.4, 0.5) is 4.39 Å². The molecule has 0 spiro atoms. The lowest BCUT2D eigenvalue weighted by atomic mass is 10.1. The Morgan fingerprint density at radius 2 is 2.11 bits per heavy atom. The van der Waals surface area contributed by atoms with E-state index in [9.17, 15) is 4.39 Å². The van der Waals surface area contributed by atoms with E-state index in [2.05, 4.69) is 25.7 Å². The fourth-order valence-corrected chi connectivity index (χ4v) is 2.16. The Kier molecular flexibility index (Phi) is 5.69. The van der Waals surface area contributed by atoms with E-state index in [0.29, 0.717) is 17.6 Å². The van der Waals surface area contributed by atoms with Crippen molar-refractivity contribution in [3.8, 4) is 0 Å². The first kappa shape index (κ1) is 15.1. The first-order valence-corrected chi connectivity index (χ1v) is 6.68. The van der Waals surface area contributed by atoms with Gasteiger partial charge in [-0.25, -0.2) is 4.39 Å². The SMILES string of the molecule is CCCN(Cc1cc(F)ccc1C(N)=S)C(C)C. The third kappa shape index (κ3) is 4.03. The van der Waals surface area contributed by atoms with Crippen molar-refractivity contribution in [2.24, 2.45) is 5.73 Å². The molecule has 0 saturated carbocycles. The lowest BCUT2D eigenvalue weighted by Crippen LogP contribution is -2.32. The minimum absolute atomic E-state index is 0.245. The molecule has 0 aliphatic carbocycles. The Morgan fingerprint density at radius 3 is 2.61 bits per heavy atom. The zero-order valence-corrected chi connectivity index (χ0v) is 12.1. The average molecular weight is 268 g/mol. The van der Waals surface area contributed by atoms with Crippen LogP contribution in [-0.4, -0.2) is 22.5 Å². The molecule has 0 aliphatic heterocycles. The van der Waals surface area contributed by atoms with Gasteiger partial charge in [0.25, 0.3) is 0 Å². The molecule has 0 amide bonds. The van der Waals surface area contributed by atoms with Gasteiger partial charge in [-0.05, 0) is 50.6 Å². The smallest absolute Gasteiger partial charge is 0.123 e. The number of hydrogen-bond donors (Lipinski definition) is 1. The molecule has 18 heavy (non-hydrogen) atoms. The second-order valence-corrected chi connectivity index (χ2v) is 5.17. The lowest BCUT2D eigenvalue weighted by Gasteiger charge is -2.27. The zero-order valence-electron chi connectivity index (χ0n) is 11.2. The maximum atomic E-state index is 13.3. The fourth-order valence-electron chi connectivity index (χ4n) is 1.96. The molecule has 0 bridgehead atoms. The quantitative estimate of drug-likeness (QED) is 0.804. The van der Waals surface area contributed by atoms with Gasteiger partial charge in [-0.15, -0.1) is 0 Å². The molecule has 1 rings (SSSR count).